The van der Waals surface area contributed by atoms with Gasteiger partial charge in [0, 0.05) is 0 Å². The first kappa shape index (κ1) is 32.3. The maximum Gasteiger partial charge on any atom is 0.0522 e. The van der Waals surface area contributed by atoms with E-state index in [4.69, 9.17) is 12.2 Å². The Balaban J connectivity index is 1.16. The highest BCUT2D eigenvalue weighted by atomic mass is 32.1. The van der Waals surface area contributed by atoms with Crippen LogP contribution in [0.25, 0.3) is 61.2 Å². The molecule has 1 aliphatic carbocycles. The Morgan fingerprint density at radius 2 is 0.784 bits per heavy atom. The van der Waals surface area contributed by atoms with Gasteiger partial charge in [0.2, 0.25) is 0 Å². The highest BCUT2D eigenvalue weighted by molar-refractivity contribution is 7.81. The summed E-state index contributed by atoms with van der Waals surface area (Å²) in [6, 6.07) is 63.1. The molecule has 1 heteroatoms. The normalized spacial score (nSPS) is 13.8. The van der Waals surface area contributed by atoms with Crippen LogP contribution in [0.3, 0.4) is 0 Å². The molecule has 0 nitrogen and oxygen atoms in total. The number of hydrogen-bond acceptors (Lipinski definition) is 1. The van der Waals surface area contributed by atoms with Crippen LogP contribution in [0, 0.1) is 5.92 Å². The zero-order valence-corrected chi connectivity index (χ0v) is 29.5. The van der Waals surface area contributed by atoms with E-state index in [-0.39, 0.29) is 0 Å². The second-order valence-corrected chi connectivity index (χ2v) is 13.8. The maximum absolute atomic E-state index is 6.24. The second kappa shape index (κ2) is 14.5. The van der Waals surface area contributed by atoms with Crippen molar-refractivity contribution in [2.24, 2.45) is 5.92 Å². The molecule has 0 N–H and O–H groups in total. The van der Waals surface area contributed by atoms with Gasteiger partial charge in [0.1, 0.15) is 0 Å². The van der Waals surface area contributed by atoms with Crippen LogP contribution >= 0.6 is 12.2 Å². The highest BCUT2D eigenvalue weighted by Gasteiger charge is 2.14. The Morgan fingerprint density at radius 1 is 0.412 bits per heavy atom. The standard InChI is InChI=1S/C50H38S/c1-35-14-11-21-39(26-35)47-30-46(38-19-9-4-10-20-38)33-49(34-47)41-23-13-25-43(28-41)50(51)42-24-12-22-40(27-42)48-31-44(36-15-5-2-6-16-36)29-45(32-48)37-17-7-3-8-18-37/h2-13,15-35H,14H2,1H3. The van der Waals surface area contributed by atoms with Crippen molar-refractivity contribution in [3.63, 3.8) is 0 Å². The van der Waals surface area contributed by atoms with E-state index in [1.165, 1.54) is 55.6 Å². The molecule has 0 radical (unpaired) electrons. The van der Waals surface area contributed by atoms with E-state index in [1.807, 2.05) is 0 Å². The number of hydrogen-bond donors (Lipinski definition) is 0. The fourth-order valence-electron chi connectivity index (χ4n) is 7.03. The molecule has 7 aromatic carbocycles. The predicted octanol–water partition coefficient (Wildman–Crippen LogP) is 13.8. The van der Waals surface area contributed by atoms with Gasteiger partial charge >= 0.3 is 0 Å². The van der Waals surface area contributed by atoms with Gasteiger partial charge in [-0.25, -0.2) is 0 Å². The molecule has 0 spiro atoms. The lowest BCUT2D eigenvalue weighted by Crippen LogP contribution is -2.00. The van der Waals surface area contributed by atoms with Crippen molar-refractivity contribution >= 4 is 22.7 Å². The van der Waals surface area contributed by atoms with Gasteiger partial charge < -0.3 is 0 Å². The summed E-state index contributed by atoms with van der Waals surface area (Å²) in [4.78, 5) is 0.840. The number of rotatable bonds is 8. The van der Waals surface area contributed by atoms with Crippen LogP contribution in [0.4, 0.5) is 0 Å². The minimum absolute atomic E-state index is 0.524. The number of allylic oxidation sites excluding steroid dienone is 4. The molecule has 7 aromatic rings. The predicted molar refractivity (Wildman–Crippen MR) is 222 cm³/mol. The minimum Gasteiger partial charge on any atom is -0.0834 e. The average molecular weight is 671 g/mol. The summed E-state index contributed by atoms with van der Waals surface area (Å²) in [6.45, 7) is 2.28. The smallest absolute Gasteiger partial charge is 0.0522 e. The van der Waals surface area contributed by atoms with Crippen LogP contribution < -0.4 is 0 Å². The van der Waals surface area contributed by atoms with E-state index >= 15 is 0 Å². The lowest BCUT2D eigenvalue weighted by molar-refractivity contribution is 0.740. The first-order chi connectivity index (χ1) is 25.1. The van der Waals surface area contributed by atoms with E-state index < -0.39 is 0 Å². The monoisotopic (exact) mass is 670 g/mol. The zero-order chi connectivity index (χ0) is 34.6. The molecule has 0 aromatic heterocycles. The van der Waals surface area contributed by atoms with E-state index in [1.54, 1.807) is 0 Å². The van der Waals surface area contributed by atoms with Gasteiger partial charge in [0.15, 0.2) is 0 Å². The van der Waals surface area contributed by atoms with E-state index in [2.05, 4.69) is 201 Å². The Labute approximate surface area is 307 Å². The van der Waals surface area contributed by atoms with E-state index in [0.717, 1.165) is 33.5 Å². The Bertz CT molecular complexity index is 2340. The summed E-state index contributed by atoms with van der Waals surface area (Å²) in [5.74, 6) is 0.524. The molecule has 1 aliphatic rings. The van der Waals surface area contributed by atoms with Crippen molar-refractivity contribution in [2.75, 3.05) is 0 Å². The molecule has 1 unspecified atom stereocenters. The fraction of sp³-hybridized carbons (Fsp3) is 0.0600. The van der Waals surface area contributed by atoms with Crippen LogP contribution in [0.2, 0.25) is 0 Å². The lowest BCUT2D eigenvalue weighted by Gasteiger charge is -2.16. The van der Waals surface area contributed by atoms with Crippen LogP contribution in [0.15, 0.2) is 194 Å². The van der Waals surface area contributed by atoms with Crippen LogP contribution in [-0.2, 0) is 0 Å². The van der Waals surface area contributed by atoms with Gasteiger partial charge in [-0.15, -0.1) is 0 Å². The average Bonchev–Trinajstić information content (AvgIpc) is 3.21. The van der Waals surface area contributed by atoms with Crippen LogP contribution in [0.5, 0.6) is 0 Å². The molecular weight excluding hydrogens is 633 g/mol. The molecule has 0 saturated heterocycles. The summed E-state index contributed by atoms with van der Waals surface area (Å²) in [6.07, 6.45) is 8.04. The molecule has 0 amide bonds. The molecule has 1 atom stereocenters. The molecular formula is C50H38S. The maximum atomic E-state index is 6.24. The van der Waals surface area contributed by atoms with Crippen molar-refractivity contribution in [3.05, 3.63) is 211 Å². The Morgan fingerprint density at radius 3 is 1.20 bits per heavy atom. The van der Waals surface area contributed by atoms with Crippen molar-refractivity contribution in [1.82, 2.24) is 0 Å². The third kappa shape index (κ3) is 7.22. The molecule has 0 aliphatic heterocycles. The third-order valence-electron chi connectivity index (χ3n) is 9.71. The van der Waals surface area contributed by atoms with Gasteiger partial charge in [-0.1, -0.05) is 165 Å². The fourth-order valence-corrected chi connectivity index (χ4v) is 7.28. The topological polar surface area (TPSA) is 0 Å². The SMILES string of the molecule is CC1C=C(c2cc(-c3ccccc3)cc(-c3cccc(C(=S)c4cccc(-c5cc(-c6ccccc6)cc(-c6ccccc6)c5)c4)c3)c2)C=CC1. The van der Waals surface area contributed by atoms with Gasteiger partial charge in [-0.2, -0.15) is 0 Å². The third-order valence-corrected chi connectivity index (χ3v) is 10.2. The molecule has 8 rings (SSSR count). The van der Waals surface area contributed by atoms with E-state index in [9.17, 15) is 0 Å². The van der Waals surface area contributed by atoms with Gasteiger partial charge in [-0.05, 0) is 139 Å². The van der Waals surface area contributed by atoms with Gasteiger partial charge in [0.25, 0.3) is 0 Å². The number of benzene rings is 7. The largest absolute Gasteiger partial charge is 0.0834 e. The zero-order valence-electron chi connectivity index (χ0n) is 28.7. The second-order valence-electron chi connectivity index (χ2n) is 13.4. The first-order valence-electron chi connectivity index (χ1n) is 17.7. The van der Waals surface area contributed by atoms with Gasteiger partial charge in [-0.3, -0.25) is 0 Å². The van der Waals surface area contributed by atoms with Gasteiger partial charge in [0.05, 0.1) is 4.86 Å². The quantitative estimate of drug-likeness (QED) is 0.115. The van der Waals surface area contributed by atoms with E-state index in [0.29, 0.717) is 5.92 Å². The molecule has 0 bridgehead atoms. The summed E-state index contributed by atoms with van der Waals surface area (Å²) >= 11 is 6.24. The molecule has 51 heavy (non-hydrogen) atoms. The minimum atomic E-state index is 0.524. The molecule has 0 fully saturated rings. The van der Waals surface area contributed by atoms with Crippen molar-refractivity contribution in [2.45, 2.75) is 13.3 Å². The highest BCUT2D eigenvalue weighted by Crippen LogP contribution is 2.36. The number of thiocarbonyl (C=S) groups is 1. The Kier molecular flexibility index (Phi) is 9.21. The Hall–Kier alpha value is -5.89. The summed E-state index contributed by atoms with van der Waals surface area (Å²) < 4.78 is 0. The first-order valence-corrected chi connectivity index (χ1v) is 18.1. The molecule has 244 valence electrons. The summed E-state index contributed by atoms with van der Waals surface area (Å²) in [5.41, 5.74) is 16.5. The van der Waals surface area contributed by atoms with Crippen molar-refractivity contribution < 1.29 is 0 Å². The molecule has 0 saturated carbocycles. The van der Waals surface area contributed by atoms with Crippen molar-refractivity contribution in [3.8, 4) is 55.6 Å². The van der Waals surface area contributed by atoms with Crippen molar-refractivity contribution in [1.29, 1.82) is 0 Å². The van der Waals surface area contributed by atoms with Crippen LogP contribution in [-0.4, -0.2) is 4.86 Å². The van der Waals surface area contributed by atoms with Crippen LogP contribution in [0.1, 0.15) is 30.0 Å². The summed E-state index contributed by atoms with van der Waals surface area (Å²) in [7, 11) is 0. The molecule has 0 heterocycles. The summed E-state index contributed by atoms with van der Waals surface area (Å²) in [5, 5.41) is 0. The lowest BCUT2D eigenvalue weighted by atomic mass is 9.89.